The molecule has 6 nitrogen and oxygen atoms in total. The molecular formula is C24H28O6. The summed E-state index contributed by atoms with van der Waals surface area (Å²) in [7, 11) is 0. The van der Waals surface area contributed by atoms with Crippen molar-refractivity contribution in [2.45, 2.75) is 58.3 Å². The third kappa shape index (κ3) is 4.66. The second kappa shape index (κ2) is 9.78. The molecule has 30 heavy (non-hydrogen) atoms. The van der Waals surface area contributed by atoms with E-state index < -0.39 is 24.8 Å². The van der Waals surface area contributed by atoms with E-state index in [4.69, 9.17) is 9.47 Å². The minimum Gasteiger partial charge on any atom is -0.508 e. The summed E-state index contributed by atoms with van der Waals surface area (Å²) >= 11 is 0. The second-order valence-corrected chi connectivity index (χ2v) is 7.47. The van der Waals surface area contributed by atoms with Crippen LogP contribution in [0.4, 0.5) is 0 Å². The third-order valence-electron chi connectivity index (χ3n) is 5.30. The molecule has 0 spiro atoms. The number of fused-ring (bicyclic) bond motifs is 2. The van der Waals surface area contributed by atoms with E-state index in [1.54, 1.807) is 37.3 Å². The lowest BCUT2D eigenvalue weighted by molar-refractivity contribution is -0.00759. The molecule has 0 saturated carbocycles. The van der Waals surface area contributed by atoms with Crippen LogP contribution in [0.3, 0.4) is 0 Å². The van der Waals surface area contributed by atoms with Gasteiger partial charge in [-0.1, -0.05) is 44.1 Å². The number of carbonyl (C=O) groups excluding carboxylic acids is 1. The van der Waals surface area contributed by atoms with Crippen LogP contribution in [0.5, 0.6) is 17.2 Å². The number of phenols is 1. The van der Waals surface area contributed by atoms with Crippen molar-refractivity contribution in [3.8, 4) is 17.2 Å². The van der Waals surface area contributed by atoms with Crippen molar-refractivity contribution in [3.05, 3.63) is 58.7 Å². The Labute approximate surface area is 176 Å². The van der Waals surface area contributed by atoms with Crippen molar-refractivity contribution in [1.29, 1.82) is 0 Å². The van der Waals surface area contributed by atoms with Crippen LogP contribution in [-0.2, 0) is 11.3 Å². The Morgan fingerprint density at radius 1 is 1.10 bits per heavy atom. The SMILES string of the molecule is CCCCCC1OC(=O)c2c(C)cccc2Oc2ccc(O)c(CO)c2C=CC1O. The summed E-state index contributed by atoms with van der Waals surface area (Å²) in [6.07, 6.45) is 4.65. The minimum absolute atomic E-state index is 0.0786. The van der Waals surface area contributed by atoms with Crippen LogP contribution in [0.1, 0.15) is 59.7 Å². The van der Waals surface area contributed by atoms with Crippen LogP contribution in [0.25, 0.3) is 6.08 Å². The maximum Gasteiger partial charge on any atom is 0.342 e. The molecule has 1 aliphatic heterocycles. The molecule has 2 atom stereocenters. The minimum atomic E-state index is -1.04. The van der Waals surface area contributed by atoms with Gasteiger partial charge in [0, 0.05) is 11.1 Å². The number of unbranched alkanes of at least 4 members (excludes halogenated alkanes) is 2. The largest absolute Gasteiger partial charge is 0.508 e. The summed E-state index contributed by atoms with van der Waals surface area (Å²) in [5, 5.41) is 30.7. The van der Waals surface area contributed by atoms with Crippen LogP contribution in [0, 0.1) is 6.92 Å². The third-order valence-corrected chi connectivity index (χ3v) is 5.30. The van der Waals surface area contributed by atoms with E-state index >= 15 is 0 Å². The molecular weight excluding hydrogens is 384 g/mol. The number of hydrogen-bond donors (Lipinski definition) is 3. The molecule has 1 aliphatic rings. The molecule has 2 unspecified atom stereocenters. The average Bonchev–Trinajstić information content (AvgIpc) is 2.74. The zero-order chi connectivity index (χ0) is 21.7. The number of aliphatic hydroxyl groups is 2. The first-order valence-electron chi connectivity index (χ1n) is 10.3. The molecule has 160 valence electrons. The fourth-order valence-electron chi connectivity index (χ4n) is 3.59. The molecule has 2 aromatic rings. The maximum absolute atomic E-state index is 13.0. The van der Waals surface area contributed by atoms with Gasteiger partial charge in [0.15, 0.2) is 0 Å². The Morgan fingerprint density at radius 2 is 1.90 bits per heavy atom. The van der Waals surface area contributed by atoms with Gasteiger partial charge in [-0.3, -0.25) is 0 Å². The highest BCUT2D eigenvalue weighted by molar-refractivity contribution is 5.94. The Kier molecular flexibility index (Phi) is 7.13. The van der Waals surface area contributed by atoms with Crippen molar-refractivity contribution in [2.24, 2.45) is 0 Å². The number of benzene rings is 2. The van der Waals surface area contributed by atoms with Crippen molar-refractivity contribution in [3.63, 3.8) is 0 Å². The molecule has 1 heterocycles. The number of aliphatic hydroxyl groups excluding tert-OH is 2. The summed E-state index contributed by atoms with van der Waals surface area (Å²) in [5.74, 6) is 0.0316. The summed E-state index contributed by atoms with van der Waals surface area (Å²) in [4.78, 5) is 13.0. The quantitative estimate of drug-likeness (QED) is 0.495. The van der Waals surface area contributed by atoms with Gasteiger partial charge < -0.3 is 24.8 Å². The van der Waals surface area contributed by atoms with Gasteiger partial charge in [-0.25, -0.2) is 4.79 Å². The molecule has 0 bridgehead atoms. The standard InChI is InChI=1S/C24H28O6/c1-3-4-5-8-21-19(27)11-10-16-17(14-25)18(26)12-13-20(16)29-22-9-6-7-15(2)23(22)24(28)30-21/h6-7,9-13,19,21,25-27H,3-5,8,14H2,1-2H3. The smallest absolute Gasteiger partial charge is 0.342 e. The number of cyclic esters (lactones) is 1. The number of aryl methyl sites for hydroxylation is 1. The highest BCUT2D eigenvalue weighted by Gasteiger charge is 2.27. The van der Waals surface area contributed by atoms with Gasteiger partial charge in [0.25, 0.3) is 0 Å². The normalized spacial score (nSPS) is 18.6. The van der Waals surface area contributed by atoms with Gasteiger partial charge in [0.2, 0.25) is 0 Å². The van der Waals surface area contributed by atoms with Crippen LogP contribution >= 0.6 is 0 Å². The summed E-state index contributed by atoms with van der Waals surface area (Å²) in [5.41, 5.74) is 1.69. The van der Waals surface area contributed by atoms with E-state index in [0.717, 1.165) is 19.3 Å². The van der Waals surface area contributed by atoms with E-state index in [0.29, 0.717) is 29.0 Å². The number of ether oxygens (including phenoxy) is 2. The Bertz CT molecular complexity index is 934. The summed E-state index contributed by atoms with van der Waals surface area (Å²) in [6.45, 7) is 3.46. The molecule has 0 fully saturated rings. The first kappa shape index (κ1) is 21.9. The van der Waals surface area contributed by atoms with Crippen LogP contribution < -0.4 is 4.74 Å². The van der Waals surface area contributed by atoms with Crippen molar-refractivity contribution in [1.82, 2.24) is 0 Å². The second-order valence-electron chi connectivity index (χ2n) is 7.47. The van der Waals surface area contributed by atoms with Crippen LogP contribution in [-0.4, -0.2) is 33.5 Å². The number of rotatable bonds is 5. The maximum atomic E-state index is 13.0. The molecule has 6 heteroatoms. The van der Waals surface area contributed by atoms with Crippen molar-refractivity contribution >= 4 is 12.0 Å². The monoisotopic (exact) mass is 412 g/mol. The topological polar surface area (TPSA) is 96.2 Å². The fourth-order valence-corrected chi connectivity index (χ4v) is 3.59. The van der Waals surface area contributed by atoms with Crippen LogP contribution in [0.15, 0.2) is 36.4 Å². The average molecular weight is 412 g/mol. The first-order valence-corrected chi connectivity index (χ1v) is 10.3. The Balaban J connectivity index is 2.14. The number of hydrogen-bond acceptors (Lipinski definition) is 6. The number of aromatic hydroxyl groups is 1. The highest BCUT2D eigenvalue weighted by atomic mass is 16.6. The van der Waals surface area contributed by atoms with Gasteiger partial charge in [-0.05, 0) is 43.5 Å². The van der Waals surface area contributed by atoms with Crippen molar-refractivity contribution < 1.29 is 29.6 Å². The van der Waals surface area contributed by atoms with E-state index in [1.807, 2.05) is 0 Å². The zero-order valence-corrected chi connectivity index (χ0v) is 17.3. The lowest BCUT2D eigenvalue weighted by Gasteiger charge is -2.22. The van der Waals surface area contributed by atoms with Crippen molar-refractivity contribution in [2.75, 3.05) is 0 Å². The molecule has 0 aliphatic carbocycles. The highest BCUT2D eigenvalue weighted by Crippen LogP contribution is 2.37. The molecule has 0 saturated heterocycles. The number of esters is 1. The summed E-state index contributed by atoms with van der Waals surface area (Å²) < 4.78 is 11.7. The van der Waals surface area contributed by atoms with Crippen LogP contribution in [0.2, 0.25) is 0 Å². The first-order chi connectivity index (χ1) is 14.5. The van der Waals surface area contributed by atoms with E-state index in [2.05, 4.69) is 6.92 Å². The van der Waals surface area contributed by atoms with Gasteiger partial charge in [-0.15, -0.1) is 0 Å². The fraction of sp³-hybridized carbons (Fsp3) is 0.375. The molecule has 0 amide bonds. The molecule has 0 radical (unpaired) electrons. The summed E-state index contributed by atoms with van der Waals surface area (Å²) in [6, 6.07) is 8.23. The predicted octanol–water partition coefficient (Wildman–Crippen LogP) is 4.48. The Morgan fingerprint density at radius 3 is 2.63 bits per heavy atom. The predicted molar refractivity (Wildman–Crippen MR) is 114 cm³/mol. The van der Waals surface area contributed by atoms with E-state index in [-0.39, 0.29) is 16.9 Å². The Hall–Kier alpha value is -2.83. The van der Waals surface area contributed by atoms with E-state index in [1.165, 1.54) is 12.1 Å². The zero-order valence-electron chi connectivity index (χ0n) is 17.3. The number of carbonyl (C=O) groups is 1. The lowest BCUT2D eigenvalue weighted by atomic mass is 10.0. The van der Waals surface area contributed by atoms with Gasteiger partial charge >= 0.3 is 5.97 Å². The van der Waals surface area contributed by atoms with Gasteiger partial charge in [0.05, 0.1) is 6.61 Å². The molecule has 3 N–H and O–H groups in total. The lowest BCUT2D eigenvalue weighted by Crippen LogP contribution is -2.30. The molecule has 0 aromatic heterocycles. The molecule has 2 aromatic carbocycles. The van der Waals surface area contributed by atoms with Gasteiger partial charge in [-0.2, -0.15) is 0 Å². The molecule has 3 rings (SSSR count). The van der Waals surface area contributed by atoms with E-state index in [9.17, 15) is 20.1 Å². The van der Waals surface area contributed by atoms with Gasteiger partial charge in [0.1, 0.15) is 35.0 Å².